The number of nitrogens with zero attached hydrogens (tertiary/aromatic N) is 2. The van der Waals surface area contributed by atoms with Crippen molar-refractivity contribution in [1.29, 1.82) is 0 Å². The first kappa shape index (κ1) is 28.5. The number of aryl methyl sites for hydroxylation is 2. The van der Waals surface area contributed by atoms with E-state index in [1.165, 1.54) is 18.5 Å². The highest BCUT2D eigenvalue weighted by atomic mass is 16.5. The largest absolute Gasteiger partial charge is 0.497 e. The molecular formula is C31H30N6O4. The average molecular weight is 551 g/mol. The van der Waals surface area contributed by atoms with Crippen LogP contribution in [0.2, 0.25) is 0 Å². The van der Waals surface area contributed by atoms with E-state index < -0.39 is 0 Å². The van der Waals surface area contributed by atoms with Crippen molar-refractivity contribution in [3.8, 4) is 5.75 Å². The maximum Gasteiger partial charge on any atom is 0.256 e. The molecule has 10 heteroatoms. The summed E-state index contributed by atoms with van der Waals surface area (Å²) in [6.07, 6.45) is 4.18. The van der Waals surface area contributed by atoms with Gasteiger partial charge in [0, 0.05) is 29.0 Å². The predicted octanol–water partition coefficient (Wildman–Crippen LogP) is 5.15. The number of anilines is 4. The molecule has 0 radical (unpaired) electrons. The van der Waals surface area contributed by atoms with Crippen LogP contribution in [0.25, 0.3) is 0 Å². The fourth-order valence-electron chi connectivity index (χ4n) is 3.96. The first-order valence-electron chi connectivity index (χ1n) is 12.7. The number of amides is 3. The molecule has 0 saturated heterocycles. The van der Waals surface area contributed by atoms with E-state index in [1.54, 1.807) is 49.6 Å². The molecule has 3 aromatic carbocycles. The lowest BCUT2D eigenvalue weighted by atomic mass is 10.0. The highest BCUT2D eigenvalue weighted by molar-refractivity contribution is 6.05. The third-order valence-electron chi connectivity index (χ3n) is 6.03. The highest BCUT2D eigenvalue weighted by Crippen LogP contribution is 2.20. The number of aromatic nitrogens is 2. The molecule has 4 N–H and O–H groups in total. The van der Waals surface area contributed by atoms with Crippen molar-refractivity contribution in [1.82, 2.24) is 15.3 Å². The number of carbonyl (C=O) groups excluding carboxylic acids is 3. The Morgan fingerprint density at radius 2 is 1.63 bits per heavy atom. The molecule has 0 aliphatic rings. The molecule has 0 fully saturated rings. The number of benzene rings is 3. The van der Waals surface area contributed by atoms with Gasteiger partial charge in [0.2, 0.25) is 11.9 Å². The minimum absolute atomic E-state index is 0.238. The van der Waals surface area contributed by atoms with Crippen molar-refractivity contribution in [3.63, 3.8) is 0 Å². The van der Waals surface area contributed by atoms with Gasteiger partial charge in [-0.1, -0.05) is 24.8 Å². The van der Waals surface area contributed by atoms with Crippen LogP contribution >= 0.6 is 0 Å². The molecule has 0 spiro atoms. The summed E-state index contributed by atoms with van der Waals surface area (Å²) in [5.41, 5.74) is 5.12. The SMILES string of the molecule is C=CC(=O)Nc1cccc(Nc2ncc(NC(=O)c3cc(CNC(=O)c4cc(C)cc(OC)c4)ccc3C)cn2)c1. The summed E-state index contributed by atoms with van der Waals surface area (Å²) < 4.78 is 5.25. The molecule has 4 rings (SSSR count). The van der Waals surface area contributed by atoms with Gasteiger partial charge in [0.05, 0.1) is 25.2 Å². The minimum Gasteiger partial charge on any atom is -0.497 e. The Labute approximate surface area is 237 Å². The summed E-state index contributed by atoms with van der Waals surface area (Å²) in [5, 5.41) is 11.5. The summed E-state index contributed by atoms with van der Waals surface area (Å²) >= 11 is 0. The molecule has 0 atom stereocenters. The number of carbonyl (C=O) groups is 3. The van der Waals surface area contributed by atoms with Crippen molar-refractivity contribution in [2.45, 2.75) is 20.4 Å². The number of hydrogen-bond acceptors (Lipinski definition) is 7. The van der Waals surface area contributed by atoms with Crippen molar-refractivity contribution < 1.29 is 19.1 Å². The van der Waals surface area contributed by atoms with Gasteiger partial charge < -0.3 is 26.0 Å². The molecule has 10 nitrogen and oxygen atoms in total. The van der Waals surface area contributed by atoms with Crippen LogP contribution in [0.15, 0.2) is 85.7 Å². The van der Waals surface area contributed by atoms with Gasteiger partial charge in [0.15, 0.2) is 0 Å². The molecule has 0 unspecified atom stereocenters. The Hall–Kier alpha value is -5.51. The molecule has 1 heterocycles. The maximum absolute atomic E-state index is 13.1. The second-order valence-corrected chi connectivity index (χ2v) is 9.22. The normalized spacial score (nSPS) is 10.3. The Kier molecular flexibility index (Phi) is 9.06. The van der Waals surface area contributed by atoms with Gasteiger partial charge in [-0.15, -0.1) is 0 Å². The maximum atomic E-state index is 13.1. The van der Waals surface area contributed by atoms with E-state index >= 15 is 0 Å². The van der Waals surface area contributed by atoms with Crippen LogP contribution in [0.4, 0.5) is 23.0 Å². The third kappa shape index (κ3) is 7.76. The van der Waals surface area contributed by atoms with Gasteiger partial charge in [-0.2, -0.15) is 0 Å². The average Bonchev–Trinajstić information content (AvgIpc) is 2.97. The van der Waals surface area contributed by atoms with Crippen molar-refractivity contribution in [3.05, 3.63) is 114 Å². The zero-order valence-electron chi connectivity index (χ0n) is 22.9. The summed E-state index contributed by atoms with van der Waals surface area (Å²) in [4.78, 5) is 45.8. The van der Waals surface area contributed by atoms with Crippen LogP contribution in [-0.4, -0.2) is 34.8 Å². The van der Waals surface area contributed by atoms with E-state index in [4.69, 9.17) is 4.74 Å². The van der Waals surface area contributed by atoms with E-state index in [2.05, 4.69) is 37.8 Å². The Morgan fingerprint density at radius 3 is 2.37 bits per heavy atom. The number of rotatable bonds is 10. The summed E-state index contributed by atoms with van der Waals surface area (Å²) in [6, 6.07) is 17.8. The summed E-state index contributed by atoms with van der Waals surface area (Å²) in [7, 11) is 1.56. The fraction of sp³-hybridized carbons (Fsp3) is 0.129. The molecule has 0 saturated carbocycles. The topological polar surface area (TPSA) is 134 Å². The van der Waals surface area contributed by atoms with Crippen LogP contribution in [0, 0.1) is 13.8 Å². The van der Waals surface area contributed by atoms with Crippen LogP contribution in [0.1, 0.15) is 37.4 Å². The van der Waals surface area contributed by atoms with Crippen LogP contribution < -0.4 is 26.0 Å². The zero-order chi connectivity index (χ0) is 29.4. The number of methoxy groups -OCH3 is 1. The van der Waals surface area contributed by atoms with E-state index in [0.29, 0.717) is 39.9 Å². The van der Waals surface area contributed by atoms with Crippen LogP contribution in [-0.2, 0) is 11.3 Å². The molecular weight excluding hydrogens is 520 g/mol. The van der Waals surface area contributed by atoms with Gasteiger partial charge in [0.25, 0.3) is 11.8 Å². The van der Waals surface area contributed by atoms with Gasteiger partial charge in [-0.25, -0.2) is 9.97 Å². The molecule has 208 valence electrons. The fourth-order valence-corrected chi connectivity index (χ4v) is 3.96. The van der Waals surface area contributed by atoms with Crippen LogP contribution in [0.3, 0.4) is 0 Å². The Morgan fingerprint density at radius 1 is 0.878 bits per heavy atom. The second-order valence-electron chi connectivity index (χ2n) is 9.22. The van der Waals surface area contributed by atoms with Crippen molar-refractivity contribution >= 4 is 40.7 Å². The lowest BCUT2D eigenvalue weighted by molar-refractivity contribution is -0.111. The minimum atomic E-state index is -0.325. The molecule has 3 amide bonds. The quantitative estimate of drug-likeness (QED) is 0.201. The first-order chi connectivity index (χ1) is 19.7. The lowest BCUT2D eigenvalue weighted by Gasteiger charge is -2.12. The van der Waals surface area contributed by atoms with E-state index in [9.17, 15) is 14.4 Å². The number of nitrogens with one attached hydrogen (secondary N) is 4. The monoisotopic (exact) mass is 550 g/mol. The predicted molar refractivity (Wildman–Crippen MR) is 159 cm³/mol. The van der Waals surface area contributed by atoms with E-state index in [0.717, 1.165) is 16.7 Å². The second kappa shape index (κ2) is 13.0. The highest BCUT2D eigenvalue weighted by Gasteiger charge is 2.13. The van der Waals surface area contributed by atoms with E-state index in [1.807, 2.05) is 32.0 Å². The van der Waals surface area contributed by atoms with Crippen molar-refractivity contribution in [2.75, 3.05) is 23.1 Å². The summed E-state index contributed by atoms with van der Waals surface area (Å²) in [6.45, 7) is 7.42. The molecule has 0 aliphatic heterocycles. The molecule has 0 aliphatic carbocycles. The molecule has 0 bridgehead atoms. The number of ether oxygens (including phenoxy) is 1. The third-order valence-corrected chi connectivity index (χ3v) is 6.03. The summed E-state index contributed by atoms with van der Waals surface area (Å²) in [5.74, 6) is 0.0510. The smallest absolute Gasteiger partial charge is 0.256 e. The van der Waals surface area contributed by atoms with Gasteiger partial charge in [-0.3, -0.25) is 14.4 Å². The van der Waals surface area contributed by atoms with Crippen molar-refractivity contribution in [2.24, 2.45) is 0 Å². The van der Waals surface area contributed by atoms with E-state index in [-0.39, 0.29) is 24.3 Å². The zero-order valence-corrected chi connectivity index (χ0v) is 22.9. The Balaban J connectivity index is 1.37. The van der Waals surface area contributed by atoms with Gasteiger partial charge in [-0.05, 0) is 79.1 Å². The molecule has 1 aromatic heterocycles. The van der Waals surface area contributed by atoms with Gasteiger partial charge in [0.1, 0.15) is 5.75 Å². The Bertz CT molecular complexity index is 1600. The van der Waals surface area contributed by atoms with Gasteiger partial charge >= 0.3 is 0 Å². The lowest BCUT2D eigenvalue weighted by Crippen LogP contribution is -2.23. The molecule has 4 aromatic rings. The molecule has 41 heavy (non-hydrogen) atoms. The van der Waals surface area contributed by atoms with Crippen LogP contribution in [0.5, 0.6) is 5.75 Å². The number of hydrogen-bond donors (Lipinski definition) is 4. The first-order valence-corrected chi connectivity index (χ1v) is 12.7. The standard InChI is InChI=1S/C31H30N6O4/c1-5-28(38)35-23-7-6-8-24(15-23)37-31-33-17-25(18-34-31)36-30(40)27-13-21(10-9-20(27)3)16-32-29(39)22-11-19(2)12-26(14-22)41-4/h5-15,17-18H,1,16H2,2-4H3,(H,32,39)(H,35,38)(H,36,40)(H,33,34,37).